The van der Waals surface area contributed by atoms with Crippen molar-refractivity contribution in [1.82, 2.24) is 0 Å². The predicted molar refractivity (Wildman–Crippen MR) is 96.4 cm³/mol. The van der Waals surface area contributed by atoms with Crippen LogP contribution in [0.4, 0.5) is 0 Å². The molecule has 0 bridgehead atoms. The van der Waals surface area contributed by atoms with Crippen molar-refractivity contribution < 1.29 is 9.90 Å². The summed E-state index contributed by atoms with van der Waals surface area (Å²) in [5.74, 6) is 3.97. The Hall–Kier alpha value is -0.630. The molecule has 0 aromatic rings. The Kier molecular flexibility index (Phi) is 3.99. The van der Waals surface area contributed by atoms with Crippen molar-refractivity contribution >= 4 is 5.78 Å². The first-order valence-electron chi connectivity index (χ1n) is 10.2. The third kappa shape index (κ3) is 2.21. The quantitative estimate of drug-likeness (QED) is 0.792. The minimum atomic E-state index is 0.291. The summed E-state index contributed by atoms with van der Waals surface area (Å²) in [4.78, 5) is 11.9. The van der Waals surface area contributed by atoms with E-state index in [-0.39, 0.29) is 0 Å². The van der Waals surface area contributed by atoms with Gasteiger partial charge in [-0.3, -0.25) is 4.79 Å². The molecule has 0 spiro atoms. The molecule has 3 fully saturated rings. The molecule has 3 saturated carbocycles. The van der Waals surface area contributed by atoms with Gasteiger partial charge in [0.25, 0.3) is 0 Å². The van der Waals surface area contributed by atoms with E-state index in [0.29, 0.717) is 35.1 Å². The monoisotopic (exact) mass is 330 g/mol. The van der Waals surface area contributed by atoms with E-state index in [1.54, 1.807) is 0 Å². The third-order valence-corrected chi connectivity index (χ3v) is 9.01. The fourth-order valence-electron chi connectivity index (χ4n) is 7.66. The van der Waals surface area contributed by atoms with Crippen molar-refractivity contribution in [1.29, 1.82) is 0 Å². The summed E-state index contributed by atoms with van der Waals surface area (Å²) in [6.45, 7) is 7.59. The summed E-state index contributed by atoms with van der Waals surface area (Å²) in [6, 6.07) is 0. The lowest BCUT2D eigenvalue weighted by atomic mass is 9.46. The second-order valence-electron chi connectivity index (χ2n) is 9.86. The van der Waals surface area contributed by atoms with E-state index in [1.165, 1.54) is 37.7 Å². The van der Waals surface area contributed by atoms with Crippen LogP contribution in [0.5, 0.6) is 0 Å². The molecule has 7 atom stereocenters. The number of fused-ring (bicyclic) bond motifs is 5. The molecule has 0 radical (unpaired) electrons. The SMILES string of the molecule is C[C@H](CO)[C@H]1CCC2[C@@H]3CCC4=CC(=O)CC[C@]4(C)C3CC[C@@]21C. The van der Waals surface area contributed by atoms with Crippen LogP contribution in [-0.4, -0.2) is 17.5 Å². The van der Waals surface area contributed by atoms with Crippen molar-refractivity contribution in [3.63, 3.8) is 0 Å². The van der Waals surface area contributed by atoms with Crippen LogP contribution in [-0.2, 0) is 4.79 Å². The standard InChI is InChI=1S/C22H34O2/c1-14(13-23)18-6-7-19-17-5-4-15-12-16(24)8-10-21(15,2)20(17)9-11-22(18,19)3/h12,14,17-20,23H,4-11,13H2,1-3H3/t14-,17+,18-,19?,20?,21+,22-/m1/s1. The van der Waals surface area contributed by atoms with Gasteiger partial charge in [-0.15, -0.1) is 0 Å². The highest BCUT2D eigenvalue weighted by Gasteiger charge is 2.59. The molecule has 0 aromatic heterocycles. The van der Waals surface area contributed by atoms with Gasteiger partial charge in [-0.05, 0) is 91.4 Å². The highest BCUT2D eigenvalue weighted by molar-refractivity contribution is 5.91. The third-order valence-electron chi connectivity index (χ3n) is 9.01. The van der Waals surface area contributed by atoms with Gasteiger partial charge >= 0.3 is 0 Å². The molecule has 0 saturated heterocycles. The smallest absolute Gasteiger partial charge is 0.155 e. The minimum Gasteiger partial charge on any atom is -0.396 e. The van der Waals surface area contributed by atoms with E-state index in [1.807, 2.05) is 6.08 Å². The Labute approximate surface area is 147 Å². The summed E-state index contributed by atoms with van der Waals surface area (Å²) < 4.78 is 0. The summed E-state index contributed by atoms with van der Waals surface area (Å²) in [6.07, 6.45) is 11.6. The summed E-state index contributed by atoms with van der Waals surface area (Å²) in [5.41, 5.74) is 2.20. The number of ketones is 1. The summed E-state index contributed by atoms with van der Waals surface area (Å²) in [5, 5.41) is 9.71. The molecular formula is C22H34O2. The van der Waals surface area contributed by atoms with Gasteiger partial charge in [0.2, 0.25) is 0 Å². The number of carbonyl (C=O) groups is 1. The molecule has 0 amide bonds. The molecule has 134 valence electrons. The molecule has 2 nitrogen and oxygen atoms in total. The number of allylic oxidation sites excluding steroid dienone is 1. The van der Waals surface area contributed by atoms with Gasteiger partial charge in [0.1, 0.15) is 0 Å². The van der Waals surface area contributed by atoms with Crippen LogP contribution in [0.3, 0.4) is 0 Å². The topological polar surface area (TPSA) is 37.3 Å². The van der Waals surface area contributed by atoms with Crippen LogP contribution in [0.15, 0.2) is 11.6 Å². The lowest BCUT2D eigenvalue weighted by Gasteiger charge is -2.58. The fraction of sp³-hybridized carbons (Fsp3) is 0.864. The Morgan fingerprint density at radius 3 is 2.67 bits per heavy atom. The van der Waals surface area contributed by atoms with E-state index >= 15 is 0 Å². The van der Waals surface area contributed by atoms with Gasteiger partial charge in [-0.25, -0.2) is 0 Å². The maximum Gasteiger partial charge on any atom is 0.155 e. The van der Waals surface area contributed by atoms with Crippen LogP contribution in [0.1, 0.15) is 72.1 Å². The molecule has 4 rings (SSSR count). The second kappa shape index (κ2) is 5.69. The lowest BCUT2D eigenvalue weighted by molar-refractivity contribution is -0.117. The van der Waals surface area contributed by atoms with E-state index in [2.05, 4.69) is 20.8 Å². The van der Waals surface area contributed by atoms with Crippen LogP contribution in [0.25, 0.3) is 0 Å². The highest BCUT2D eigenvalue weighted by atomic mass is 16.3. The van der Waals surface area contributed by atoms with Gasteiger partial charge in [-0.1, -0.05) is 26.3 Å². The molecule has 24 heavy (non-hydrogen) atoms. The van der Waals surface area contributed by atoms with Gasteiger partial charge in [-0.2, -0.15) is 0 Å². The number of hydrogen-bond donors (Lipinski definition) is 1. The zero-order valence-corrected chi connectivity index (χ0v) is 15.7. The lowest BCUT2D eigenvalue weighted by Crippen LogP contribution is -2.51. The first kappa shape index (κ1) is 16.8. The van der Waals surface area contributed by atoms with Crippen LogP contribution in [0.2, 0.25) is 0 Å². The summed E-state index contributed by atoms with van der Waals surface area (Å²) >= 11 is 0. The first-order valence-corrected chi connectivity index (χ1v) is 10.2. The molecule has 1 N–H and O–H groups in total. The predicted octanol–water partition coefficient (Wildman–Crippen LogP) is 4.76. The molecular weight excluding hydrogens is 296 g/mol. The molecule has 0 aromatic carbocycles. The second-order valence-corrected chi connectivity index (χ2v) is 9.86. The molecule has 2 heteroatoms. The van der Waals surface area contributed by atoms with Crippen molar-refractivity contribution in [3.8, 4) is 0 Å². The number of rotatable bonds is 2. The maximum absolute atomic E-state index is 11.9. The largest absolute Gasteiger partial charge is 0.396 e. The molecule has 0 heterocycles. The molecule has 4 aliphatic carbocycles. The average Bonchev–Trinajstić information content (AvgIpc) is 2.92. The Balaban J connectivity index is 1.63. The van der Waals surface area contributed by atoms with Crippen molar-refractivity contribution in [2.75, 3.05) is 6.61 Å². The molecule has 0 aliphatic heterocycles. The number of carbonyl (C=O) groups excluding carboxylic acids is 1. The zero-order chi connectivity index (χ0) is 17.1. The number of hydrogen-bond acceptors (Lipinski definition) is 2. The first-order chi connectivity index (χ1) is 11.4. The van der Waals surface area contributed by atoms with E-state index in [0.717, 1.165) is 37.0 Å². The van der Waals surface area contributed by atoms with Crippen LogP contribution >= 0.6 is 0 Å². The number of aliphatic hydroxyl groups excluding tert-OH is 1. The van der Waals surface area contributed by atoms with Crippen molar-refractivity contribution in [2.45, 2.75) is 72.1 Å². The van der Waals surface area contributed by atoms with Crippen LogP contribution in [0, 0.1) is 40.4 Å². The molecule has 2 unspecified atom stereocenters. The van der Waals surface area contributed by atoms with E-state index in [4.69, 9.17) is 0 Å². The van der Waals surface area contributed by atoms with Gasteiger partial charge in [0.05, 0.1) is 0 Å². The zero-order valence-electron chi connectivity index (χ0n) is 15.7. The maximum atomic E-state index is 11.9. The van der Waals surface area contributed by atoms with Crippen LogP contribution < -0.4 is 0 Å². The Bertz CT molecular complexity index is 564. The van der Waals surface area contributed by atoms with Gasteiger partial charge in [0, 0.05) is 13.0 Å². The normalized spacial score (nSPS) is 49.0. The van der Waals surface area contributed by atoms with E-state index < -0.39 is 0 Å². The molecule has 4 aliphatic rings. The van der Waals surface area contributed by atoms with Gasteiger partial charge < -0.3 is 5.11 Å². The fourth-order valence-corrected chi connectivity index (χ4v) is 7.66. The van der Waals surface area contributed by atoms with Crippen molar-refractivity contribution in [3.05, 3.63) is 11.6 Å². The highest BCUT2D eigenvalue weighted by Crippen LogP contribution is 2.67. The number of aliphatic hydroxyl groups is 1. The van der Waals surface area contributed by atoms with Gasteiger partial charge in [0.15, 0.2) is 5.78 Å². The average molecular weight is 331 g/mol. The summed E-state index contributed by atoms with van der Waals surface area (Å²) in [7, 11) is 0. The van der Waals surface area contributed by atoms with E-state index in [9.17, 15) is 9.90 Å². The Morgan fingerprint density at radius 1 is 1.12 bits per heavy atom. The minimum absolute atomic E-state index is 0.291. The Morgan fingerprint density at radius 2 is 1.92 bits per heavy atom. The van der Waals surface area contributed by atoms with Crippen molar-refractivity contribution in [2.24, 2.45) is 40.4 Å².